The van der Waals surface area contributed by atoms with Crippen molar-refractivity contribution in [2.24, 2.45) is 5.92 Å². The van der Waals surface area contributed by atoms with Crippen molar-refractivity contribution in [3.05, 3.63) is 42.2 Å². The Kier molecular flexibility index (Phi) is 6.05. The van der Waals surface area contributed by atoms with E-state index in [0.29, 0.717) is 19.5 Å². The molecule has 0 radical (unpaired) electrons. The fraction of sp³-hybridized carbons (Fsp3) is 0.400. The molecule has 3 amide bonds. The van der Waals surface area contributed by atoms with Gasteiger partial charge < -0.3 is 9.80 Å². The minimum atomic E-state index is -0.706. The molecule has 1 aliphatic heterocycles. The highest BCUT2D eigenvalue weighted by Crippen LogP contribution is 2.20. The molecule has 0 saturated carbocycles. The molecule has 1 unspecified atom stereocenters. The average Bonchev–Trinajstić information content (AvgIpc) is 3.16. The van der Waals surface area contributed by atoms with Gasteiger partial charge in [-0.2, -0.15) is 0 Å². The van der Waals surface area contributed by atoms with E-state index in [0.717, 1.165) is 18.2 Å². The molecule has 1 aliphatic rings. The lowest BCUT2D eigenvalue weighted by Gasteiger charge is -2.25. The molecular weight excluding hydrogens is 380 g/mol. The molecule has 9 heteroatoms. The molecule has 1 aromatic heterocycles. The summed E-state index contributed by atoms with van der Waals surface area (Å²) in [6.07, 6.45) is 3.37. The van der Waals surface area contributed by atoms with Crippen molar-refractivity contribution in [2.45, 2.75) is 26.3 Å². The van der Waals surface area contributed by atoms with Crippen LogP contribution >= 0.6 is 0 Å². The summed E-state index contributed by atoms with van der Waals surface area (Å²) >= 11 is 0. The van der Waals surface area contributed by atoms with Crippen molar-refractivity contribution in [3.8, 4) is 11.3 Å². The lowest BCUT2D eigenvalue weighted by Crippen LogP contribution is -2.42. The minimum absolute atomic E-state index is 0.0757. The third-order valence-corrected chi connectivity index (χ3v) is 4.88. The molecule has 0 bridgehead atoms. The molecular formula is C20H23F2N5O2. The molecule has 0 spiro atoms. The first-order chi connectivity index (χ1) is 13.7. The monoisotopic (exact) mass is 403 g/mol. The summed E-state index contributed by atoms with van der Waals surface area (Å²) in [6.45, 7) is 4.83. The van der Waals surface area contributed by atoms with Crippen molar-refractivity contribution in [1.29, 1.82) is 0 Å². The second-order valence-electron chi connectivity index (χ2n) is 7.37. The first-order valence-corrected chi connectivity index (χ1v) is 9.35. The number of nitrogens with zero attached hydrogens (tertiary/aromatic N) is 4. The van der Waals surface area contributed by atoms with Crippen molar-refractivity contribution in [2.75, 3.05) is 25.5 Å². The van der Waals surface area contributed by atoms with Gasteiger partial charge in [0.15, 0.2) is 5.82 Å². The number of aromatic nitrogens is 2. The van der Waals surface area contributed by atoms with Crippen LogP contribution in [-0.2, 0) is 4.79 Å². The van der Waals surface area contributed by atoms with E-state index in [-0.39, 0.29) is 41.0 Å². The summed E-state index contributed by atoms with van der Waals surface area (Å²) in [5.74, 6) is -1.19. The van der Waals surface area contributed by atoms with E-state index in [4.69, 9.17) is 0 Å². The Morgan fingerprint density at radius 3 is 2.45 bits per heavy atom. The van der Waals surface area contributed by atoms with Crippen LogP contribution in [0.1, 0.15) is 20.3 Å². The summed E-state index contributed by atoms with van der Waals surface area (Å²) in [5.41, 5.74) is 0.541. The normalized spacial score (nSPS) is 16.2. The van der Waals surface area contributed by atoms with Crippen LogP contribution in [0.15, 0.2) is 30.6 Å². The van der Waals surface area contributed by atoms with E-state index >= 15 is 0 Å². The summed E-state index contributed by atoms with van der Waals surface area (Å²) < 4.78 is 26.7. The fourth-order valence-corrected chi connectivity index (χ4v) is 3.23. The van der Waals surface area contributed by atoms with Crippen LogP contribution in [0.5, 0.6) is 0 Å². The summed E-state index contributed by atoms with van der Waals surface area (Å²) in [6, 6.07) is 2.64. The van der Waals surface area contributed by atoms with Gasteiger partial charge in [0.05, 0.1) is 24.1 Å². The quantitative estimate of drug-likeness (QED) is 0.851. The van der Waals surface area contributed by atoms with Crippen LogP contribution in [0, 0.1) is 17.6 Å². The third-order valence-electron chi connectivity index (χ3n) is 4.88. The maximum atomic E-state index is 13.3. The topological polar surface area (TPSA) is 78.4 Å². The van der Waals surface area contributed by atoms with Gasteiger partial charge in [-0.3, -0.25) is 15.1 Å². The lowest BCUT2D eigenvalue weighted by atomic mass is 10.1. The Bertz CT molecular complexity index is 884. The summed E-state index contributed by atoms with van der Waals surface area (Å²) in [4.78, 5) is 36.1. The number of rotatable bonds is 4. The lowest BCUT2D eigenvalue weighted by molar-refractivity contribution is -0.133. The number of nitrogens with one attached hydrogen (secondary N) is 1. The van der Waals surface area contributed by atoms with Gasteiger partial charge in [-0.1, -0.05) is 13.8 Å². The first-order valence-electron chi connectivity index (χ1n) is 9.35. The third kappa shape index (κ3) is 4.85. The van der Waals surface area contributed by atoms with Gasteiger partial charge in [0.1, 0.15) is 11.6 Å². The molecule has 0 aliphatic carbocycles. The predicted molar refractivity (Wildman–Crippen MR) is 104 cm³/mol. The Hall–Kier alpha value is -3.10. The highest BCUT2D eigenvalue weighted by molar-refractivity contribution is 5.88. The maximum Gasteiger partial charge on any atom is 0.323 e. The molecule has 29 heavy (non-hydrogen) atoms. The smallest absolute Gasteiger partial charge is 0.323 e. The molecule has 3 rings (SSSR count). The Labute approximate surface area is 167 Å². The predicted octanol–water partition coefficient (Wildman–Crippen LogP) is 3.14. The summed E-state index contributed by atoms with van der Waals surface area (Å²) in [7, 11) is 1.67. The van der Waals surface area contributed by atoms with Gasteiger partial charge in [0.2, 0.25) is 5.91 Å². The number of amides is 3. The summed E-state index contributed by atoms with van der Waals surface area (Å²) in [5, 5.41) is 2.65. The number of carbonyl (C=O) groups is 2. The second kappa shape index (κ2) is 8.50. The highest BCUT2D eigenvalue weighted by Gasteiger charge is 2.31. The van der Waals surface area contributed by atoms with E-state index in [2.05, 4.69) is 15.3 Å². The number of halogens is 2. The SMILES string of the molecule is CC(C)C(=O)N1CCC(N(C)C(=O)Nc2cnc(-c3cc(F)cc(F)c3)cn2)C1. The van der Waals surface area contributed by atoms with Gasteiger partial charge in [-0.25, -0.2) is 18.6 Å². The van der Waals surface area contributed by atoms with E-state index in [9.17, 15) is 18.4 Å². The van der Waals surface area contributed by atoms with Crippen LogP contribution in [-0.4, -0.2) is 57.9 Å². The van der Waals surface area contributed by atoms with Crippen LogP contribution in [0.4, 0.5) is 19.4 Å². The number of carbonyl (C=O) groups excluding carboxylic acids is 2. The zero-order valence-corrected chi connectivity index (χ0v) is 16.5. The number of likely N-dealkylation sites (tertiary alicyclic amines) is 1. The molecule has 1 fully saturated rings. The average molecular weight is 403 g/mol. The van der Waals surface area contributed by atoms with Gasteiger partial charge >= 0.3 is 6.03 Å². The number of urea groups is 1. The van der Waals surface area contributed by atoms with E-state index in [1.165, 1.54) is 12.4 Å². The van der Waals surface area contributed by atoms with Crippen LogP contribution in [0.3, 0.4) is 0 Å². The van der Waals surface area contributed by atoms with E-state index in [1.807, 2.05) is 13.8 Å². The van der Waals surface area contributed by atoms with Gasteiger partial charge in [0, 0.05) is 37.7 Å². The second-order valence-corrected chi connectivity index (χ2v) is 7.37. The van der Waals surface area contributed by atoms with Gasteiger partial charge in [-0.05, 0) is 18.6 Å². The number of hydrogen-bond donors (Lipinski definition) is 1. The van der Waals surface area contributed by atoms with Gasteiger partial charge in [0.25, 0.3) is 0 Å². The minimum Gasteiger partial charge on any atom is -0.340 e. The van der Waals surface area contributed by atoms with Crippen LogP contribution in [0.2, 0.25) is 0 Å². The molecule has 154 valence electrons. The van der Waals surface area contributed by atoms with Crippen LogP contribution in [0.25, 0.3) is 11.3 Å². The molecule has 1 saturated heterocycles. The van der Waals surface area contributed by atoms with Crippen molar-refractivity contribution in [1.82, 2.24) is 19.8 Å². The molecule has 1 atom stereocenters. The first kappa shape index (κ1) is 20.6. The molecule has 7 nitrogen and oxygen atoms in total. The largest absolute Gasteiger partial charge is 0.340 e. The number of anilines is 1. The fourth-order valence-electron chi connectivity index (χ4n) is 3.23. The highest BCUT2D eigenvalue weighted by atomic mass is 19.1. The van der Waals surface area contributed by atoms with Crippen molar-refractivity contribution < 1.29 is 18.4 Å². The zero-order chi connectivity index (χ0) is 21.1. The molecule has 1 N–H and O–H groups in total. The number of hydrogen-bond acceptors (Lipinski definition) is 4. The molecule has 2 heterocycles. The number of likely N-dealkylation sites (N-methyl/N-ethyl adjacent to an activating group) is 1. The van der Waals surface area contributed by atoms with E-state index in [1.54, 1.807) is 16.8 Å². The van der Waals surface area contributed by atoms with Crippen LogP contribution < -0.4 is 5.32 Å². The maximum absolute atomic E-state index is 13.3. The number of benzene rings is 1. The van der Waals surface area contributed by atoms with Gasteiger partial charge in [-0.15, -0.1) is 0 Å². The van der Waals surface area contributed by atoms with Crippen molar-refractivity contribution in [3.63, 3.8) is 0 Å². The van der Waals surface area contributed by atoms with Crippen molar-refractivity contribution >= 4 is 17.8 Å². The standard InChI is InChI=1S/C20H23F2N5O2/c1-12(2)19(28)27-5-4-16(11-27)26(3)20(29)25-18-10-23-17(9-24-18)13-6-14(21)8-15(22)7-13/h6-10,12,16H,4-5,11H2,1-3H3,(H,24,25,29). The Morgan fingerprint density at radius 1 is 1.17 bits per heavy atom. The Morgan fingerprint density at radius 2 is 1.86 bits per heavy atom. The molecule has 2 aromatic rings. The Balaban J connectivity index is 1.61. The molecule has 1 aromatic carbocycles. The van der Waals surface area contributed by atoms with E-state index < -0.39 is 11.6 Å². The zero-order valence-electron chi connectivity index (χ0n) is 16.5.